The number of carbonyl (C=O) groups excluding carboxylic acids is 2. The standard InChI is InChI=1S/C12H21N3O2/c13-10-3-1-2-8(10)6-12(17)15-9-4-5-11(16)14-7-9/h8-10H,1-7,13H2,(H,14,16)(H,15,17)/t8-,9?,10+/m0/s1. The lowest BCUT2D eigenvalue weighted by molar-refractivity contribution is -0.126. The molecule has 3 atom stereocenters. The highest BCUT2D eigenvalue weighted by atomic mass is 16.2. The van der Waals surface area contributed by atoms with E-state index in [-0.39, 0.29) is 23.9 Å². The first kappa shape index (κ1) is 12.4. The molecule has 2 amide bonds. The summed E-state index contributed by atoms with van der Waals surface area (Å²) >= 11 is 0. The Bertz CT molecular complexity index is 296. The zero-order chi connectivity index (χ0) is 12.3. The van der Waals surface area contributed by atoms with Crippen molar-refractivity contribution in [1.82, 2.24) is 10.6 Å². The van der Waals surface area contributed by atoms with Gasteiger partial charge in [0.05, 0.1) is 0 Å². The van der Waals surface area contributed by atoms with E-state index < -0.39 is 0 Å². The summed E-state index contributed by atoms with van der Waals surface area (Å²) in [5.41, 5.74) is 5.94. The van der Waals surface area contributed by atoms with Crippen LogP contribution in [-0.4, -0.2) is 30.4 Å². The lowest BCUT2D eigenvalue weighted by Gasteiger charge is -2.24. The van der Waals surface area contributed by atoms with Crippen LogP contribution in [0.5, 0.6) is 0 Å². The summed E-state index contributed by atoms with van der Waals surface area (Å²) in [5, 5.41) is 5.74. The van der Waals surface area contributed by atoms with Crippen LogP contribution in [0.3, 0.4) is 0 Å². The first-order chi connectivity index (χ1) is 8.15. The molecule has 17 heavy (non-hydrogen) atoms. The van der Waals surface area contributed by atoms with Gasteiger partial charge in [-0.05, 0) is 25.2 Å². The van der Waals surface area contributed by atoms with Crippen molar-refractivity contribution in [1.29, 1.82) is 0 Å². The Kier molecular flexibility index (Phi) is 3.99. The Morgan fingerprint density at radius 2 is 2.24 bits per heavy atom. The van der Waals surface area contributed by atoms with Crippen LogP contribution < -0.4 is 16.4 Å². The Balaban J connectivity index is 1.71. The van der Waals surface area contributed by atoms with Crippen LogP contribution in [0.25, 0.3) is 0 Å². The van der Waals surface area contributed by atoms with Gasteiger partial charge in [-0.3, -0.25) is 9.59 Å². The van der Waals surface area contributed by atoms with E-state index in [1.54, 1.807) is 0 Å². The van der Waals surface area contributed by atoms with Gasteiger partial charge >= 0.3 is 0 Å². The van der Waals surface area contributed by atoms with Crippen LogP contribution in [0, 0.1) is 5.92 Å². The average molecular weight is 239 g/mol. The summed E-state index contributed by atoms with van der Waals surface area (Å²) in [4.78, 5) is 22.8. The summed E-state index contributed by atoms with van der Waals surface area (Å²) in [5.74, 6) is 0.495. The number of rotatable bonds is 3. The lowest BCUT2D eigenvalue weighted by atomic mass is 9.99. The zero-order valence-electron chi connectivity index (χ0n) is 10.1. The largest absolute Gasteiger partial charge is 0.354 e. The summed E-state index contributed by atoms with van der Waals surface area (Å²) in [6.45, 7) is 0.557. The highest BCUT2D eigenvalue weighted by molar-refractivity contribution is 5.79. The first-order valence-electron chi connectivity index (χ1n) is 6.47. The molecule has 0 aromatic carbocycles. The second kappa shape index (κ2) is 5.49. The SMILES string of the molecule is N[C@@H]1CCC[C@H]1CC(=O)NC1CCC(=O)NC1. The van der Waals surface area contributed by atoms with Crippen LogP contribution in [0.4, 0.5) is 0 Å². The molecule has 1 aliphatic heterocycles. The van der Waals surface area contributed by atoms with E-state index in [0.29, 0.717) is 25.3 Å². The van der Waals surface area contributed by atoms with Gasteiger partial charge in [0.25, 0.3) is 0 Å². The van der Waals surface area contributed by atoms with E-state index in [2.05, 4.69) is 10.6 Å². The van der Waals surface area contributed by atoms with Crippen molar-refractivity contribution < 1.29 is 9.59 Å². The van der Waals surface area contributed by atoms with Gasteiger partial charge in [0, 0.05) is 31.5 Å². The van der Waals surface area contributed by atoms with Crippen molar-refractivity contribution >= 4 is 11.8 Å². The highest BCUT2D eigenvalue weighted by Crippen LogP contribution is 2.26. The molecule has 1 aliphatic carbocycles. The number of amides is 2. The summed E-state index contributed by atoms with van der Waals surface area (Å²) in [7, 11) is 0. The zero-order valence-corrected chi connectivity index (χ0v) is 10.1. The number of hydrogen-bond donors (Lipinski definition) is 3. The van der Waals surface area contributed by atoms with Crippen molar-refractivity contribution in [2.24, 2.45) is 11.7 Å². The van der Waals surface area contributed by atoms with E-state index in [0.717, 1.165) is 25.7 Å². The maximum Gasteiger partial charge on any atom is 0.220 e. The van der Waals surface area contributed by atoms with Gasteiger partial charge < -0.3 is 16.4 Å². The van der Waals surface area contributed by atoms with Gasteiger partial charge in [0.1, 0.15) is 0 Å². The maximum absolute atomic E-state index is 11.8. The molecule has 4 N–H and O–H groups in total. The smallest absolute Gasteiger partial charge is 0.220 e. The van der Waals surface area contributed by atoms with E-state index in [1.165, 1.54) is 0 Å². The van der Waals surface area contributed by atoms with E-state index in [9.17, 15) is 9.59 Å². The molecule has 2 aliphatic rings. The third-order valence-corrected chi connectivity index (χ3v) is 3.80. The van der Waals surface area contributed by atoms with Crippen LogP contribution in [-0.2, 0) is 9.59 Å². The molecular formula is C12H21N3O2. The van der Waals surface area contributed by atoms with E-state index >= 15 is 0 Å². The van der Waals surface area contributed by atoms with E-state index in [4.69, 9.17) is 5.73 Å². The molecule has 0 aromatic heterocycles. The molecule has 0 radical (unpaired) electrons. The molecule has 1 saturated carbocycles. The van der Waals surface area contributed by atoms with Gasteiger partial charge in [0.15, 0.2) is 0 Å². The Morgan fingerprint density at radius 3 is 2.82 bits per heavy atom. The summed E-state index contributed by atoms with van der Waals surface area (Å²) < 4.78 is 0. The molecule has 2 rings (SSSR count). The van der Waals surface area contributed by atoms with Gasteiger partial charge in [-0.25, -0.2) is 0 Å². The molecule has 1 saturated heterocycles. The number of hydrogen-bond acceptors (Lipinski definition) is 3. The molecule has 0 spiro atoms. The molecule has 1 heterocycles. The number of nitrogens with two attached hydrogens (primary N) is 1. The van der Waals surface area contributed by atoms with Gasteiger partial charge in [-0.1, -0.05) is 6.42 Å². The predicted molar refractivity (Wildman–Crippen MR) is 64.1 cm³/mol. The summed E-state index contributed by atoms with van der Waals surface area (Å²) in [6.07, 6.45) is 5.03. The normalized spacial score (nSPS) is 33.2. The fourth-order valence-electron chi connectivity index (χ4n) is 2.70. The van der Waals surface area contributed by atoms with Crippen LogP contribution >= 0.6 is 0 Å². The maximum atomic E-state index is 11.8. The minimum absolute atomic E-state index is 0.0771. The number of piperidine rings is 1. The second-order valence-corrected chi connectivity index (χ2v) is 5.17. The number of carbonyl (C=O) groups is 2. The van der Waals surface area contributed by atoms with Crippen LogP contribution in [0.15, 0.2) is 0 Å². The van der Waals surface area contributed by atoms with Gasteiger partial charge in [-0.15, -0.1) is 0 Å². The molecule has 5 nitrogen and oxygen atoms in total. The highest BCUT2D eigenvalue weighted by Gasteiger charge is 2.27. The van der Waals surface area contributed by atoms with E-state index in [1.807, 2.05) is 0 Å². The molecular weight excluding hydrogens is 218 g/mol. The van der Waals surface area contributed by atoms with Gasteiger partial charge in [-0.2, -0.15) is 0 Å². The third kappa shape index (κ3) is 3.43. The van der Waals surface area contributed by atoms with Crippen LogP contribution in [0.2, 0.25) is 0 Å². The summed E-state index contributed by atoms with van der Waals surface area (Å²) in [6, 6.07) is 0.282. The number of nitrogens with one attached hydrogen (secondary N) is 2. The first-order valence-corrected chi connectivity index (χ1v) is 6.47. The predicted octanol–water partition coefficient (Wildman–Crippen LogP) is -0.101. The van der Waals surface area contributed by atoms with Gasteiger partial charge in [0.2, 0.25) is 11.8 Å². The minimum Gasteiger partial charge on any atom is -0.354 e. The van der Waals surface area contributed by atoms with Crippen molar-refractivity contribution in [3.05, 3.63) is 0 Å². The quantitative estimate of drug-likeness (QED) is 0.643. The average Bonchev–Trinajstić information content (AvgIpc) is 2.68. The fraction of sp³-hybridized carbons (Fsp3) is 0.833. The molecule has 0 aromatic rings. The monoisotopic (exact) mass is 239 g/mol. The Labute approximate surface area is 102 Å². The minimum atomic E-state index is 0.0771. The third-order valence-electron chi connectivity index (χ3n) is 3.80. The Morgan fingerprint density at radius 1 is 1.41 bits per heavy atom. The molecule has 2 fully saturated rings. The van der Waals surface area contributed by atoms with Crippen molar-refractivity contribution in [3.63, 3.8) is 0 Å². The van der Waals surface area contributed by atoms with Crippen molar-refractivity contribution in [3.8, 4) is 0 Å². The lowest BCUT2D eigenvalue weighted by Crippen LogP contribution is -2.48. The molecule has 1 unspecified atom stereocenters. The van der Waals surface area contributed by atoms with Crippen molar-refractivity contribution in [2.45, 2.75) is 50.6 Å². The van der Waals surface area contributed by atoms with Crippen LogP contribution in [0.1, 0.15) is 38.5 Å². The topological polar surface area (TPSA) is 84.2 Å². The molecule has 0 bridgehead atoms. The fourth-order valence-corrected chi connectivity index (χ4v) is 2.70. The molecule has 5 heteroatoms. The molecule has 96 valence electrons. The van der Waals surface area contributed by atoms with Crippen molar-refractivity contribution in [2.75, 3.05) is 6.54 Å². The Hall–Kier alpha value is -1.10. The second-order valence-electron chi connectivity index (χ2n) is 5.17.